The fourth-order valence-electron chi connectivity index (χ4n) is 2.39. The van der Waals surface area contributed by atoms with Crippen molar-refractivity contribution in [2.75, 3.05) is 0 Å². The molecule has 24 heavy (non-hydrogen) atoms. The van der Waals surface area contributed by atoms with Crippen LogP contribution in [0.5, 0.6) is 5.75 Å². The minimum Gasteiger partial charge on any atom is -0.487 e. The molecule has 0 heterocycles. The van der Waals surface area contributed by atoms with Crippen molar-refractivity contribution in [3.8, 4) is 16.9 Å². The van der Waals surface area contributed by atoms with Crippen molar-refractivity contribution < 1.29 is 9.53 Å². The maximum absolute atomic E-state index is 10.8. The van der Waals surface area contributed by atoms with Crippen LogP contribution in [0.2, 0.25) is 5.02 Å². The SMILES string of the molecule is O=Cc1ccc(OCc2cccc(-c3ccccc3)c2Br)c(Cl)c1. The molecule has 0 N–H and O–H groups in total. The lowest BCUT2D eigenvalue weighted by atomic mass is 10.0. The van der Waals surface area contributed by atoms with Crippen LogP contribution in [0, 0.1) is 0 Å². The number of halogens is 2. The number of rotatable bonds is 5. The molecule has 4 heteroatoms. The molecule has 0 aromatic heterocycles. The molecule has 0 aliphatic rings. The third-order valence-electron chi connectivity index (χ3n) is 3.64. The average molecular weight is 402 g/mol. The highest BCUT2D eigenvalue weighted by Gasteiger charge is 2.09. The number of hydrogen-bond acceptors (Lipinski definition) is 2. The summed E-state index contributed by atoms with van der Waals surface area (Å²) < 4.78 is 6.81. The fourth-order valence-corrected chi connectivity index (χ4v) is 3.25. The molecule has 3 rings (SSSR count). The topological polar surface area (TPSA) is 26.3 Å². The van der Waals surface area contributed by atoms with Gasteiger partial charge in [0.25, 0.3) is 0 Å². The molecule has 0 unspecified atom stereocenters. The van der Waals surface area contributed by atoms with Crippen LogP contribution < -0.4 is 4.74 Å². The van der Waals surface area contributed by atoms with Gasteiger partial charge < -0.3 is 4.74 Å². The molecule has 0 radical (unpaired) electrons. The van der Waals surface area contributed by atoms with Crippen LogP contribution in [0.4, 0.5) is 0 Å². The fraction of sp³-hybridized carbons (Fsp3) is 0.0500. The first kappa shape index (κ1) is 16.7. The van der Waals surface area contributed by atoms with Crippen LogP contribution in [-0.2, 0) is 6.61 Å². The first-order valence-electron chi connectivity index (χ1n) is 7.39. The largest absolute Gasteiger partial charge is 0.487 e. The lowest BCUT2D eigenvalue weighted by Crippen LogP contribution is -1.98. The second kappa shape index (κ2) is 7.65. The molecule has 0 atom stereocenters. The zero-order valence-corrected chi connectivity index (χ0v) is 15.0. The Kier molecular flexibility index (Phi) is 5.34. The van der Waals surface area contributed by atoms with Crippen molar-refractivity contribution >= 4 is 33.8 Å². The Bertz CT molecular complexity index is 863. The predicted octanol–water partition coefficient (Wildman–Crippen LogP) is 6.16. The quantitative estimate of drug-likeness (QED) is 0.478. The summed E-state index contributed by atoms with van der Waals surface area (Å²) in [6.45, 7) is 0.376. The van der Waals surface area contributed by atoms with Crippen LogP contribution in [0.1, 0.15) is 15.9 Å². The Morgan fingerprint density at radius 3 is 2.50 bits per heavy atom. The van der Waals surface area contributed by atoms with Crippen LogP contribution in [0.3, 0.4) is 0 Å². The molecule has 0 saturated carbocycles. The molecule has 0 fully saturated rings. The van der Waals surface area contributed by atoms with E-state index in [2.05, 4.69) is 34.1 Å². The van der Waals surface area contributed by atoms with Crippen LogP contribution >= 0.6 is 27.5 Å². The maximum Gasteiger partial charge on any atom is 0.150 e. The summed E-state index contributed by atoms with van der Waals surface area (Å²) in [5.74, 6) is 0.555. The lowest BCUT2D eigenvalue weighted by Gasteiger charge is -2.12. The standard InChI is InChI=1S/C20H14BrClO2/c21-20-16(7-4-8-17(20)15-5-2-1-3-6-15)13-24-19-10-9-14(12-23)11-18(19)22/h1-12H,13H2. The van der Waals surface area contributed by atoms with Gasteiger partial charge in [-0.3, -0.25) is 4.79 Å². The molecular weight excluding hydrogens is 388 g/mol. The minimum absolute atomic E-state index is 0.376. The summed E-state index contributed by atoms with van der Waals surface area (Å²) >= 11 is 9.82. The second-order valence-electron chi connectivity index (χ2n) is 5.24. The van der Waals surface area contributed by atoms with Gasteiger partial charge in [0.2, 0.25) is 0 Å². The van der Waals surface area contributed by atoms with Gasteiger partial charge in [-0.1, -0.05) is 60.1 Å². The molecule has 0 bridgehead atoms. The molecule has 0 aliphatic heterocycles. The highest BCUT2D eigenvalue weighted by Crippen LogP contribution is 2.32. The number of carbonyl (C=O) groups is 1. The van der Waals surface area contributed by atoms with Gasteiger partial charge in [0.1, 0.15) is 18.6 Å². The van der Waals surface area contributed by atoms with E-state index in [4.69, 9.17) is 16.3 Å². The van der Waals surface area contributed by atoms with Crippen molar-refractivity contribution in [1.29, 1.82) is 0 Å². The molecule has 0 amide bonds. The predicted molar refractivity (Wildman–Crippen MR) is 101 cm³/mol. The van der Waals surface area contributed by atoms with E-state index in [1.165, 1.54) is 0 Å². The molecule has 0 saturated heterocycles. The van der Waals surface area contributed by atoms with Crippen molar-refractivity contribution in [2.45, 2.75) is 6.61 Å². The van der Waals surface area contributed by atoms with E-state index in [0.717, 1.165) is 27.4 Å². The van der Waals surface area contributed by atoms with Gasteiger partial charge in [-0.15, -0.1) is 0 Å². The highest BCUT2D eigenvalue weighted by molar-refractivity contribution is 9.10. The van der Waals surface area contributed by atoms with Crippen molar-refractivity contribution in [1.82, 2.24) is 0 Å². The monoisotopic (exact) mass is 400 g/mol. The van der Waals surface area contributed by atoms with Gasteiger partial charge in [0.15, 0.2) is 0 Å². The van der Waals surface area contributed by atoms with Gasteiger partial charge in [-0.25, -0.2) is 0 Å². The van der Waals surface area contributed by atoms with E-state index in [0.29, 0.717) is 22.9 Å². The first-order valence-corrected chi connectivity index (χ1v) is 8.56. The molecule has 2 nitrogen and oxygen atoms in total. The van der Waals surface area contributed by atoms with E-state index < -0.39 is 0 Å². The third kappa shape index (κ3) is 3.69. The summed E-state index contributed by atoms with van der Waals surface area (Å²) in [7, 11) is 0. The van der Waals surface area contributed by atoms with Crippen molar-refractivity contribution in [3.63, 3.8) is 0 Å². The zero-order valence-electron chi connectivity index (χ0n) is 12.7. The van der Waals surface area contributed by atoms with E-state index in [9.17, 15) is 4.79 Å². The lowest BCUT2D eigenvalue weighted by molar-refractivity contribution is 0.112. The average Bonchev–Trinajstić information content (AvgIpc) is 2.62. The summed E-state index contributed by atoms with van der Waals surface area (Å²) in [5, 5.41) is 0.426. The molecule has 3 aromatic carbocycles. The van der Waals surface area contributed by atoms with E-state index in [1.807, 2.05) is 30.3 Å². The normalized spacial score (nSPS) is 10.4. The molecular formula is C20H14BrClO2. The summed E-state index contributed by atoms with van der Waals surface area (Å²) in [4.78, 5) is 10.8. The third-order valence-corrected chi connectivity index (χ3v) is 4.87. The Morgan fingerprint density at radius 1 is 1.00 bits per heavy atom. The first-order chi connectivity index (χ1) is 11.7. The van der Waals surface area contributed by atoms with E-state index in [1.54, 1.807) is 18.2 Å². The number of ether oxygens (including phenoxy) is 1. The van der Waals surface area contributed by atoms with Gasteiger partial charge in [-0.05, 0) is 45.3 Å². The summed E-state index contributed by atoms with van der Waals surface area (Å²) in [6, 6.07) is 21.2. The second-order valence-corrected chi connectivity index (χ2v) is 6.44. The van der Waals surface area contributed by atoms with Crippen LogP contribution in [-0.4, -0.2) is 6.29 Å². The Labute approximate surface area is 154 Å². The number of hydrogen-bond donors (Lipinski definition) is 0. The molecule has 120 valence electrons. The molecule has 0 spiro atoms. The van der Waals surface area contributed by atoms with Crippen molar-refractivity contribution in [3.05, 3.63) is 87.4 Å². The van der Waals surface area contributed by atoms with Gasteiger partial charge in [-0.2, -0.15) is 0 Å². The van der Waals surface area contributed by atoms with E-state index in [-0.39, 0.29) is 0 Å². The smallest absolute Gasteiger partial charge is 0.150 e. The van der Waals surface area contributed by atoms with E-state index >= 15 is 0 Å². The Morgan fingerprint density at radius 2 is 1.79 bits per heavy atom. The maximum atomic E-state index is 10.8. The van der Waals surface area contributed by atoms with Crippen LogP contribution in [0.25, 0.3) is 11.1 Å². The minimum atomic E-state index is 0.376. The van der Waals surface area contributed by atoms with Crippen LogP contribution in [0.15, 0.2) is 71.2 Å². The highest BCUT2D eigenvalue weighted by atomic mass is 79.9. The number of carbonyl (C=O) groups excluding carboxylic acids is 1. The zero-order chi connectivity index (χ0) is 16.9. The molecule has 3 aromatic rings. The molecule has 0 aliphatic carbocycles. The summed E-state index contributed by atoms with van der Waals surface area (Å²) in [6.07, 6.45) is 0.760. The van der Waals surface area contributed by atoms with Gasteiger partial charge >= 0.3 is 0 Å². The number of benzene rings is 3. The van der Waals surface area contributed by atoms with Gasteiger partial charge in [0, 0.05) is 15.6 Å². The Hall–Kier alpha value is -2.10. The number of aldehydes is 1. The summed E-state index contributed by atoms with van der Waals surface area (Å²) in [5.41, 5.74) is 3.80. The Balaban J connectivity index is 1.83. The van der Waals surface area contributed by atoms with Gasteiger partial charge in [0.05, 0.1) is 5.02 Å². The van der Waals surface area contributed by atoms with Crippen molar-refractivity contribution in [2.24, 2.45) is 0 Å².